The highest BCUT2D eigenvalue weighted by atomic mass is 19.4. The number of fused-ring (bicyclic) bond motifs is 2. The molecule has 3 fully saturated rings. The minimum Gasteiger partial charge on any atom is -0.475 e. The summed E-state index contributed by atoms with van der Waals surface area (Å²) >= 11 is 0. The van der Waals surface area contributed by atoms with Crippen molar-refractivity contribution in [2.75, 3.05) is 19.6 Å². The summed E-state index contributed by atoms with van der Waals surface area (Å²) < 4.78 is 33.6. The molecule has 1 saturated heterocycles. The van der Waals surface area contributed by atoms with Crippen molar-refractivity contribution in [3.63, 3.8) is 0 Å². The fourth-order valence-corrected chi connectivity index (χ4v) is 5.44. The van der Waals surface area contributed by atoms with E-state index in [1.165, 1.54) is 18.4 Å². The van der Waals surface area contributed by atoms with Crippen LogP contribution in [-0.2, 0) is 23.2 Å². The molecule has 4 aliphatic rings. The summed E-state index contributed by atoms with van der Waals surface area (Å²) in [7, 11) is 1.96. The van der Waals surface area contributed by atoms with Crippen molar-refractivity contribution < 1.29 is 27.9 Å². The van der Waals surface area contributed by atoms with Crippen molar-refractivity contribution in [2.24, 2.45) is 29.8 Å². The van der Waals surface area contributed by atoms with Gasteiger partial charge in [-0.3, -0.25) is 24.3 Å². The number of likely N-dealkylation sites (tertiary alicyclic amines) is 1. The van der Waals surface area contributed by atoms with Gasteiger partial charge in [0.1, 0.15) is 11.4 Å². The van der Waals surface area contributed by atoms with Gasteiger partial charge in [-0.15, -0.1) is 0 Å². The number of aryl methyl sites for hydroxylation is 1. The Morgan fingerprint density at radius 3 is 2.52 bits per heavy atom. The zero-order valence-electron chi connectivity index (χ0n) is 18.9. The first-order valence-corrected chi connectivity index (χ1v) is 11.4. The third-order valence-electron chi connectivity index (χ3n) is 7.14. The van der Waals surface area contributed by atoms with Gasteiger partial charge in [0, 0.05) is 57.3 Å². The number of amides is 1. The van der Waals surface area contributed by atoms with Crippen LogP contribution < -0.4 is 0 Å². The first kappa shape index (κ1) is 23.7. The monoisotopic (exact) mass is 469 g/mol. The van der Waals surface area contributed by atoms with Crippen molar-refractivity contribution in [1.29, 1.82) is 0 Å². The second-order valence-electron chi connectivity index (χ2n) is 9.59. The lowest BCUT2D eigenvalue weighted by Gasteiger charge is -2.28. The number of hydrogen-bond acceptors (Lipinski definition) is 5. The molecule has 2 saturated carbocycles. The number of aromatic nitrogens is 2. The highest BCUT2D eigenvalue weighted by Gasteiger charge is 2.61. The summed E-state index contributed by atoms with van der Waals surface area (Å²) in [4.78, 5) is 32.0. The van der Waals surface area contributed by atoms with Crippen molar-refractivity contribution in [3.8, 4) is 0 Å². The Labute approximate surface area is 190 Å². The molecular formula is C22H30F3N5O3. The first-order chi connectivity index (χ1) is 15.5. The summed E-state index contributed by atoms with van der Waals surface area (Å²) in [5, 5.41) is 11.4. The molecule has 3 heterocycles. The van der Waals surface area contributed by atoms with E-state index in [1.807, 2.05) is 17.9 Å². The van der Waals surface area contributed by atoms with Gasteiger partial charge < -0.3 is 5.11 Å². The summed E-state index contributed by atoms with van der Waals surface area (Å²) in [5.41, 5.74) is 0.807. The van der Waals surface area contributed by atoms with E-state index in [1.54, 1.807) is 0 Å². The van der Waals surface area contributed by atoms with Gasteiger partial charge in [-0.25, -0.2) is 4.79 Å². The maximum atomic E-state index is 13.5. The van der Waals surface area contributed by atoms with Crippen LogP contribution in [0.5, 0.6) is 0 Å². The molecule has 1 N–H and O–H groups in total. The predicted octanol–water partition coefficient (Wildman–Crippen LogP) is 2.69. The molecule has 33 heavy (non-hydrogen) atoms. The Morgan fingerprint density at radius 1 is 1.27 bits per heavy atom. The van der Waals surface area contributed by atoms with Crippen LogP contribution in [0.3, 0.4) is 0 Å². The van der Waals surface area contributed by atoms with E-state index in [2.05, 4.69) is 28.0 Å². The third-order valence-corrected chi connectivity index (χ3v) is 7.14. The zero-order valence-corrected chi connectivity index (χ0v) is 18.9. The van der Waals surface area contributed by atoms with Gasteiger partial charge >= 0.3 is 12.1 Å². The quantitative estimate of drug-likeness (QED) is 0.716. The molecule has 0 aromatic carbocycles. The van der Waals surface area contributed by atoms with Crippen molar-refractivity contribution in [3.05, 3.63) is 18.0 Å². The number of carboxylic acid groups (broad SMARTS) is 1. The van der Waals surface area contributed by atoms with Crippen LogP contribution in [0.15, 0.2) is 17.4 Å². The topological polar surface area (TPSA) is 91.0 Å². The number of halogens is 3. The highest BCUT2D eigenvalue weighted by Crippen LogP contribution is 2.51. The zero-order chi connectivity index (χ0) is 24.0. The maximum absolute atomic E-state index is 13.5. The van der Waals surface area contributed by atoms with Gasteiger partial charge in [0.15, 0.2) is 0 Å². The van der Waals surface area contributed by atoms with Crippen molar-refractivity contribution in [1.82, 2.24) is 19.6 Å². The fraction of sp³-hybridized carbons (Fsp3) is 0.727. The Bertz CT molecular complexity index is 942. The normalized spacial score (nSPS) is 29.3. The summed E-state index contributed by atoms with van der Waals surface area (Å²) in [6, 6.07) is 0. The molecule has 1 aromatic rings. The Balaban J connectivity index is 0.000000325. The van der Waals surface area contributed by atoms with Gasteiger partial charge in [0.25, 0.3) is 5.91 Å². The van der Waals surface area contributed by atoms with E-state index in [-0.39, 0.29) is 0 Å². The van der Waals surface area contributed by atoms with Gasteiger partial charge in [0.2, 0.25) is 0 Å². The second-order valence-corrected chi connectivity index (χ2v) is 9.59. The van der Waals surface area contributed by atoms with E-state index in [9.17, 15) is 18.0 Å². The molecule has 8 nitrogen and oxygen atoms in total. The van der Waals surface area contributed by atoms with Crippen LogP contribution in [0.1, 0.15) is 44.6 Å². The molecule has 2 aliphatic carbocycles. The van der Waals surface area contributed by atoms with Gasteiger partial charge in [-0.1, -0.05) is 6.92 Å². The maximum Gasteiger partial charge on any atom is 0.490 e. The number of carbonyl (C=O) groups is 2. The molecule has 5 rings (SSSR count). The molecule has 1 aromatic heterocycles. The van der Waals surface area contributed by atoms with Crippen molar-refractivity contribution >= 4 is 17.7 Å². The molecule has 0 radical (unpaired) electrons. The lowest BCUT2D eigenvalue weighted by molar-refractivity contribution is -0.192. The van der Waals surface area contributed by atoms with E-state index in [0.29, 0.717) is 23.7 Å². The number of aliphatic imine (C=N–C) groups is 1. The summed E-state index contributed by atoms with van der Waals surface area (Å²) in [5.74, 6) is 0.322. The molecule has 0 bridgehead atoms. The van der Waals surface area contributed by atoms with E-state index >= 15 is 0 Å². The molecule has 182 valence electrons. The number of hydrogen-bond donors (Lipinski definition) is 1. The lowest BCUT2D eigenvalue weighted by Crippen LogP contribution is -2.47. The molecule has 2 aliphatic heterocycles. The van der Waals surface area contributed by atoms with Crippen LogP contribution in [0.4, 0.5) is 13.2 Å². The van der Waals surface area contributed by atoms with E-state index < -0.39 is 17.7 Å². The third kappa shape index (κ3) is 4.78. The molecule has 1 spiro atoms. The lowest BCUT2D eigenvalue weighted by atomic mass is 9.85. The minimum absolute atomic E-state index is 0.317. The first-order valence-electron chi connectivity index (χ1n) is 11.4. The van der Waals surface area contributed by atoms with Crippen LogP contribution >= 0.6 is 0 Å². The number of carbonyl (C=O) groups excluding carboxylic acids is 1. The molecule has 0 unspecified atom stereocenters. The summed E-state index contributed by atoms with van der Waals surface area (Å²) in [6.07, 6.45) is 4.48. The second kappa shape index (κ2) is 8.73. The molecular weight excluding hydrogens is 439 g/mol. The van der Waals surface area contributed by atoms with Gasteiger partial charge in [0.05, 0.1) is 6.20 Å². The number of aliphatic carboxylic acids is 1. The summed E-state index contributed by atoms with van der Waals surface area (Å²) in [6.45, 7) is 6.06. The van der Waals surface area contributed by atoms with E-state index in [0.717, 1.165) is 51.3 Å². The average molecular weight is 470 g/mol. The number of amidine groups is 1. The molecule has 1 amide bonds. The van der Waals surface area contributed by atoms with E-state index in [4.69, 9.17) is 14.9 Å². The fourth-order valence-electron chi connectivity index (χ4n) is 5.44. The van der Waals surface area contributed by atoms with Gasteiger partial charge in [-0.2, -0.15) is 18.3 Å². The molecule has 11 heteroatoms. The Kier molecular flexibility index (Phi) is 6.28. The smallest absolute Gasteiger partial charge is 0.475 e. The average Bonchev–Trinajstić information content (AvgIpc) is 3.04. The Hall–Kier alpha value is -2.43. The largest absolute Gasteiger partial charge is 0.490 e. The predicted molar refractivity (Wildman–Crippen MR) is 113 cm³/mol. The van der Waals surface area contributed by atoms with Gasteiger partial charge in [-0.05, 0) is 37.5 Å². The van der Waals surface area contributed by atoms with Crippen molar-refractivity contribution in [2.45, 2.75) is 57.3 Å². The van der Waals surface area contributed by atoms with Crippen LogP contribution in [0, 0.1) is 17.8 Å². The number of rotatable bonds is 5. The Morgan fingerprint density at radius 2 is 1.97 bits per heavy atom. The number of alkyl halides is 3. The van der Waals surface area contributed by atoms with Crippen LogP contribution in [-0.4, -0.2) is 73.7 Å². The standard InChI is InChI=1S/C20H29N5O.C2HF3O2/c1-3-18-22-20(19(26)25(18)11-14-4-5-14)7-6-16-12-24(13-17(16)20)10-15-8-21-23(2)9-15;3-2(4,5)1(6)7/h8-9,14,16-17H,3-7,10-13H2,1-2H3;(H,6,7)/t16-,17+,20-;/m1./s1. The SMILES string of the molecule is CCC1=N[C@@]2(CC[C@@H]3CN(Cc4cnn(C)c4)C[C@@H]32)C(=O)N1CC1CC1.O=C(O)C(F)(F)F. The minimum atomic E-state index is -5.08. The molecule has 3 atom stereocenters. The number of nitrogens with zero attached hydrogens (tertiary/aromatic N) is 5. The van der Waals surface area contributed by atoms with Crippen LogP contribution in [0.2, 0.25) is 0 Å². The van der Waals surface area contributed by atoms with Crippen LogP contribution in [0.25, 0.3) is 0 Å². The highest BCUT2D eigenvalue weighted by molar-refractivity contribution is 6.08. The number of carboxylic acids is 1.